The monoisotopic (exact) mass is 296 g/mol. The molecular weight excluding hydrogens is 276 g/mol. The van der Waals surface area contributed by atoms with Crippen molar-refractivity contribution in [2.24, 2.45) is 29.6 Å². The van der Waals surface area contributed by atoms with Crippen LogP contribution in [0.4, 0.5) is 0 Å². The number of nitrogens with zero attached hydrogens (tertiary/aromatic N) is 2. The molecule has 1 aromatic rings. The van der Waals surface area contributed by atoms with Gasteiger partial charge in [-0.25, -0.2) is 0 Å². The molecule has 5 nitrogen and oxygen atoms in total. The average Bonchev–Trinajstić information content (AvgIpc) is 2.82. The number of hydrogen-bond donors (Lipinski definition) is 2. The minimum atomic E-state index is -0.738. The number of aryl methyl sites for hydroxylation is 1. The van der Waals surface area contributed by atoms with E-state index >= 15 is 0 Å². The maximum atomic E-state index is 12.5. The van der Waals surface area contributed by atoms with Crippen LogP contribution < -0.4 is 5.56 Å². The SMILES string of the molecule is Cc1[nH][nH]c(=O)c1C1(C(C#N)C#N)C2CC3CC(C2)CC1C3. The van der Waals surface area contributed by atoms with E-state index in [1.54, 1.807) is 0 Å². The molecule has 4 aliphatic carbocycles. The van der Waals surface area contributed by atoms with Gasteiger partial charge in [0.2, 0.25) is 0 Å². The number of aromatic nitrogens is 2. The lowest BCUT2D eigenvalue weighted by molar-refractivity contribution is -0.0714. The third-order valence-electron chi connectivity index (χ3n) is 6.62. The van der Waals surface area contributed by atoms with Crippen molar-refractivity contribution in [1.82, 2.24) is 10.2 Å². The van der Waals surface area contributed by atoms with Crippen LogP contribution in [0.25, 0.3) is 0 Å². The van der Waals surface area contributed by atoms with E-state index < -0.39 is 11.3 Å². The number of aromatic amines is 2. The molecule has 4 fully saturated rings. The highest BCUT2D eigenvalue weighted by atomic mass is 16.1. The Bertz CT molecular complexity index is 702. The van der Waals surface area contributed by atoms with E-state index in [4.69, 9.17) is 0 Å². The first-order chi connectivity index (χ1) is 10.6. The molecule has 0 spiro atoms. The van der Waals surface area contributed by atoms with Crippen LogP contribution >= 0.6 is 0 Å². The summed E-state index contributed by atoms with van der Waals surface area (Å²) in [5, 5.41) is 24.9. The van der Waals surface area contributed by atoms with Crippen molar-refractivity contribution in [2.45, 2.75) is 44.4 Å². The topological polar surface area (TPSA) is 96.2 Å². The van der Waals surface area contributed by atoms with Gasteiger partial charge in [0.1, 0.15) is 5.92 Å². The van der Waals surface area contributed by atoms with Crippen LogP contribution in [0.15, 0.2) is 4.79 Å². The van der Waals surface area contributed by atoms with Crippen molar-refractivity contribution in [3.63, 3.8) is 0 Å². The van der Waals surface area contributed by atoms with Gasteiger partial charge in [0.15, 0.2) is 0 Å². The van der Waals surface area contributed by atoms with Crippen molar-refractivity contribution in [3.8, 4) is 12.1 Å². The molecule has 0 aromatic carbocycles. The molecule has 4 aliphatic rings. The Balaban J connectivity index is 1.97. The van der Waals surface area contributed by atoms with Crippen LogP contribution in [-0.2, 0) is 5.41 Å². The average molecular weight is 296 g/mol. The first-order valence-corrected chi connectivity index (χ1v) is 8.18. The molecule has 0 radical (unpaired) electrons. The quantitative estimate of drug-likeness (QED) is 0.876. The Morgan fingerprint density at radius 2 is 1.59 bits per heavy atom. The molecule has 5 rings (SSSR count). The van der Waals surface area contributed by atoms with Gasteiger partial charge < -0.3 is 5.10 Å². The third kappa shape index (κ3) is 1.49. The first kappa shape index (κ1) is 13.6. The molecule has 22 heavy (non-hydrogen) atoms. The fourth-order valence-corrected chi connectivity index (χ4v) is 6.20. The summed E-state index contributed by atoms with van der Waals surface area (Å²) < 4.78 is 0. The summed E-state index contributed by atoms with van der Waals surface area (Å²) in [6, 6.07) is 4.47. The standard InChI is InChI=1S/C17H20N4O/c1-9-15(16(22)21-20-9)17(14(7-18)8-19)12-3-10-2-11(5-12)6-13(17)4-10/h10-14H,2-6H2,1H3,(H2,20,21,22). The Hall–Kier alpha value is -2.01. The smallest absolute Gasteiger partial charge is 0.268 e. The normalized spacial score (nSPS) is 38.9. The lowest BCUT2D eigenvalue weighted by Crippen LogP contribution is -2.60. The largest absolute Gasteiger partial charge is 0.302 e. The molecule has 2 N–H and O–H groups in total. The second-order valence-electron chi connectivity index (χ2n) is 7.51. The lowest BCUT2D eigenvalue weighted by Gasteiger charge is -2.61. The number of nitrogens with one attached hydrogen (secondary N) is 2. The Labute approximate surface area is 129 Å². The summed E-state index contributed by atoms with van der Waals surface area (Å²) in [4.78, 5) is 12.5. The molecule has 4 bridgehead atoms. The number of nitriles is 2. The minimum Gasteiger partial charge on any atom is -0.302 e. The Morgan fingerprint density at radius 3 is 2.00 bits per heavy atom. The van der Waals surface area contributed by atoms with Gasteiger partial charge in [0, 0.05) is 16.7 Å². The third-order valence-corrected chi connectivity index (χ3v) is 6.62. The molecule has 114 valence electrons. The van der Waals surface area contributed by atoms with Gasteiger partial charge in [0.05, 0.1) is 12.1 Å². The molecule has 1 aromatic heterocycles. The highest BCUT2D eigenvalue weighted by Gasteiger charge is 2.63. The predicted octanol–water partition coefficient (Wildman–Crippen LogP) is 2.37. The molecule has 0 aliphatic heterocycles. The van der Waals surface area contributed by atoms with E-state index in [1.165, 1.54) is 6.42 Å². The summed E-state index contributed by atoms with van der Waals surface area (Å²) in [6.45, 7) is 1.88. The zero-order valence-corrected chi connectivity index (χ0v) is 12.7. The fourth-order valence-electron chi connectivity index (χ4n) is 6.20. The van der Waals surface area contributed by atoms with Gasteiger partial charge in [0.25, 0.3) is 5.56 Å². The summed E-state index contributed by atoms with van der Waals surface area (Å²) in [7, 11) is 0. The highest BCUT2D eigenvalue weighted by molar-refractivity contribution is 5.38. The predicted molar refractivity (Wildman–Crippen MR) is 79.6 cm³/mol. The Morgan fingerprint density at radius 1 is 1.05 bits per heavy atom. The summed E-state index contributed by atoms with van der Waals surface area (Å²) in [5.41, 5.74) is 0.775. The first-order valence-electron chi connectivity index (χ1n) is 8.18. The van der Waals surface area contributed by atoms with Gasteiger partial charge in [-0.2, -0.15) is 10.5 Å². The van der Waals surface area contributed by atoms with Crippen LogP contribution in [0, 0.1) is 59.2 Å². The van der Waals surface area contributed by atoms with Crippen molar-refractivity contribution in [3.05, 3.63) is 21.6 Å². The Kier molecular flexibility index (Phi) is 2.78. The summed E-state index contributed by atoms with van der Waals surface area (Å²) in [5.74, 6) is 1.31. The van der Waals surface area contributed by atoms with Crippen LogP contribution in [-0.4, -0.2) is 10.2 Å². The van der Waals surface area contributed by atoms with Crippen molar-refractivity contribution < 1.29 is 0 Å². The molecular formula is C17H20N4O. The van der Waals surface area contributed by atoms with E-state index in [9.17, 15) is 15.3 Å². The zero-order chi connectivity index (χ0) is 15.5. The molecule has 4 saturated carbocycles. The van der Waals surface area contributed by atoms with Crippen LogP contribution in [0.5, 0.6) is 0 Å². The summed E-state index contributed by atoms with van der Waals surface area (Å²) in [6.07, 6.45) is 5.57. The number of hydrogen-bond acceptors (Lipinski definition) is 3. The molecule has 0 amide bonds. The maximum Gasteiger partial charge on any atom is 0.268 e. The molecule has 1 heterocycles. The maximum absolute atomic E-state index is 12.5. The van der Waals surface area contributed by atoms with Gasteiger partial charge in [-0.3, -0.25) is 9.89 Å². The van der Waals surface area contributed by atoms with E-state index in [1.807, 2.05) is 6.92 Å². The molecule has 0 atom stereocenters. The van der Waals surface area contributed by atoms with E-state index in [0.29, 0.717) is 17.4 Å². The van der Waals surface area contributed by atoms with E-state index in [-0.39, 0.29) is 5.56 Å². The summed E-state index contributed by atoms with van der Waals surface area (Å²) >= 11 is 0. The van der Waals surface area contributed by atoms with Gasteiger partial charge >= 0.3 is 0 Å². The minimum absolute atomic E-state index is 0.138. The van der Waals surface area contributed by atoms with E-state index in [2.05, 4.69) is 22.3 Å². The van der Waals surface area contributed by atoms with Crippen LogP contribution in [0.3, 0.4) is 0 Å². The number of H-pyrrole nitrogens is 2. The van der Waals surface area contributed by atoms with Gasteiger partial charge in [-0.1, -0.05) is 0 Å². The second-order valence-corrected chi connectivity index (χ2v) is 7.51. The second kappa shape index (κ2) is 4.49. The molecule has 5 heteroatoms. The van der Waals surface area contributed by atoms with Crippen molar-refractivity contribution in [2.75, 3.05) is 0 Å². The molecule has 0 saturated heterocycles. The van der Waals surface area contributed by atoms with Crippen molar-refractivity contribution >= 4 is 0 Å². The van der Waals surface area contributed by atoms with Crippen LogP contribution in [0.1, 0.15) is 43.4 Å². The molecule has 0 unspecified atom stereocenters. The lowest BCUT2D eigenvalue weighted by atomic mass is 9.41. The van der Waals surface area contributed by atoms with Crippen molar-refractivity contribution in [1.29, 1.82) is 10.5 Å². The fraction of sp³-hybridized carbons (Fsp3) is 0.706. The van der Waals surface area contributed by atoms with Crippen LogP contribution in [0.2, 0.25) is 0 Å². The number of rotatable bonds is 2. The van der Waals surface area contributed by atoms with E-state index in [0.717, 1.165) is 43.2 Å². The highest BCUT2D eigenvalue weighted by Crippen LogP contribution is 2.65. The van der Waals surface area contributed by atoms with Gasteiger partial charge in [-0.05, 0) is 62.7 Å². The zero-order valence-electron chi connectivity index (χ0n) is 12.7. The van der Waals surface area contributed by atoms with Gasteiger partial charge in [-0.15, -0.1) is 0 Å².